The van der Waals surface area contributed by atoms with E-state index in [2.05, 4.69) is 18.6 Å². The number of amides is 1. The number of para-hydroxylation sites is 1. The third-order valence-electron chi connectivity index (χ3n) is 15.8. The van der Waals surface area contributed by atoms with Crippen LogP contribution in [0.2, 0.25) is 0 Å². The molecule has 4 saturated carbocycles. The van der Waals surface area contributed by atoms with Gasteiger partial charge in [-0.2, -0.15) is 0 Å². The monoisotopic (exact) mass is 1200 g/mol. The topological polar surface area (TPSA) is 269 Å². The molecule has 2 heterocycles. The molecule has 1 amide bonds. The Hall–Kier alpha value is -6.98. The lowest BCUT2D eigenvalue weighted by molar-refractivity contribution is -0.161. The van der Waals surface area contributed by atoms with Crippen LogP contribution in [0.5, 0.6) is 11.5 Å². The van der Waals surface area contributed by atoms with Gasteiger partial charge in [0, 0.05) is 25.0 Å². The maximum absolute atomic E-state index is 14.4. The zero-order chi connectivity index (χ0) is 59.7. The predicted molar refractivity (Wildman–Crippen MR) is 302 cm³/mol. The fraction of sp³-hybridized carbons (Fsp3) is 0.541. The number of hydrogen-bond donors (Lipinski definition) is 1. The molecule has 21 nitrogen and oxygen atoms in total. The summed E-state index contributed by atoms with van der Waals surface area (Å²) in [5.41, 5.74) is 3.60. The van der Waals surface area contributed by atoms with Gasteiger partial charge in [0.2, 0.25) is 0 Å². The van der Waals surface area contributed by atoms with Crippen LogP contribution in [0.25, 0.3) is 0 Å². The molecule has 0 bridgehead atoms. The largest absolute Gasteiger partial charge is 0.465 e. The van der Waals surface area contributed by atoms with Gasteiger partial charge in [-0.1, -0.05) is 54.9 Å². The number of ether oxygens (including phenoxy) is 9. The molecule has 4 aliphatic carbocycles. The normalized spacial score (nSPS) is 24.8. The van der Waals surface area contributed by atoms with Crippen molar-refractivity contribution in [2.75, 3.05) is 38.0 Å². The van der Waals surface area contributed by atoms with Crippen LogP contribution in [0.1, 0.15) is 122 Å². The van der Waals surface area contributed by atoms with E-state index in [1.807, 2.05) is 0 Å². The van der Waals surface area contributed by atoms with Crippen molar-refractivity contribution in [3.8, 4) is 11.5 Å². The number of hydrogen-bond acceptors (Lipinski definition) is 22. The molecule has 0 radical (unpaired) electrons. The van der Waals surface area contributed by atoms with Gasteiger partial charge in [-0.15, -0.1) is 0 Å². The highest BCUT2D eigenvalue weighted by atomic mass is 32.2. The molecule has 84 heavy (non-hydrogen) atoms. The Balaban J connectivity index is 0.863. The van der Waals surface area contributed by atoms with Gasteiger partial charge in [0.15, 0.2) is 6.04 Å². The van der Waals surface area contributed by atoms with E-state index in [1.54, 1.807) is 49.4 Å². The van der Waals surface area contributed by atoms with Crippen LogP contribution in [-0.2, 0) is 81.1 Å². The minimum absolute atomic E-state index is 0.0549. The van der Waals surface area contributed by atoms with Crippen LogP contribution < -0.4 is 19.9 Å². The van der Waals surface area contributed by atoms with Gasteiger partial charge < -0.3 is 42.6 Å². The first kappa shape index (κ1) is 63.1. The van der Waals surface area contributed by atoms with E-state index < -0.39 is 65.8 Å². The Kier molecular flexibility index (Phi) is 23.1. The SMILES string of the molecule is C=CC(=O)OCCCOC(=O)C1CCC(C(=O)OC2CCC(C(=O)Oc3ccc(OC(=O)C4CCC(OC(=O)C5CCC(C(=O)OCCCOC(=O)C=C)CC5)CC4)c4c3SC(=C3C(=O)N(c5ccccc5)NC3C(=O)OCC)S4)CC2)CC1. The summed E-state index contributed by atoms with van der Waals surface area (Å²) in [5.74, 6) is -6.78. The minimum Gasteiger partial charge on any atom is -0.465 e. The second kappa shape index (κ2) is 30.7. The summed E-state index contributed by atoms with van der Waals surface area (Å²) in [6, 6.07) is 10.6. The van der Waals surface area contributed by atoms with Crippen molar-refractivity contribution in [2.24, 2.45) is 35.5 Å². The Morgan fingerprint density at radius 3 is 1.29 bits per heavy atom. The Labute approximate surface area is 495 Å². The number of carbonyl (C=O) groups excluding carboxylic acids is 10. The minimum atomic E-state index is -1.20. The second-order valence-electron chi connectivity index (χ2n) is 21.5. The number of thioether (sulfide) groups is 2. The first-order valence-corrected chi connectivity index (χ1v) is 30.6. The van der Waals surface area contributed by atoms with Gasteiger partial charge in [-0.25, -0.2) is 24.8 Å². The van der Waals surface area contributed by atoms with Crippen LogP contribution in [0.3, 0.4) is 0 Å². The van der Waals surface area contributed by atoms with Gasteiger partial charge in [-0.05, 0) is 134 Å². The standard InChI is InChI=1S/C61H72N2O19S2/c1-4-47(64)75-32-10-34-77-54(67)36-14-18-38(19-15-36)56(69)79-43-26-22-40(23-27-43)58(71)81-45-30-31-46(52-51(45)83-61(84-52)49-50(60(73)74-6-3)62-63(53(49)66)42-12-8-7-9-13-42)82-59(72)41-24-28-44(29-25-41)80-57(70)39-20-16-37(17-21-39)55(68)78-35-11-33-76-48(65)5-2/h4-5,7-9,12-13,30-31,36-41,43-44,50,62H,1-2,6,10-11,14-29,32-35H2,3H3. The average molecular weight is 1200 g/mol. The first-order valence-electron chi connectivity index (χ1n) is 29.0. The number of anilines is 1. The Morgan fingerprint density at radius 2 is 0.881 bits per heavy atom. The molecule has 8 rings (SSSR count). The molecule has 23 heteroatoms. The van der Waals surface area contributed by atoms with Gasteiger partial charge in [0.1, 0.15) is 23.7 Å². The number of nitrogens with zero attached hydrogens (tertiary/aromatic N) is 1. The number of rotatable bonds is 23. The zero-order valence-electron chi connectivity index (χ0n) is 47.1. The third kappa shape index (κ3) is 16.7. The van der Waals surface area contributed by atoms with Gasteiger partial charge in [0.25, 0.3) is 5.91 Å². The fourth-order valence-electron chi connectivity index (χ4n) is 11.1. The smallest absolute Gasteiger partial charge is 0.330 e. The predicted octanol–water partition coefficient (Wildman–Crippen LogP) is 8.53. The third-order valence-corrected chi connectivity index (χ3v) is 18.5. The van der Waals surface area contributed by atoms with Crippen LogP contribution in [-0.4, -0.2) is 111 Å². The maximum atomic E-state index is 14.4. The molecular weight excluding hydrogens is 1130 g/mol. The maximum Gasteiger partial charge on any atom is 0.330 e. The first-order chi connectivity index (χ1) is 40.6. The van der Waals surface area contributed by atoms with Crippen molar-refractivity contribution in [1.82, 2.24) is 5.43 Å². The average Bonchev–Trinajstić information content (AvgIpc) is 4.16. The molecule has 1 atom stereocenters. The van der Waals surface area contributed by atoms with E-state index >= 15 is 0 Å². The summed E-state index contributed by atoms with van der Waals surface area (Å²) < 4.78 is 50.5. The van der Waals surface area contributed by atoms with Crippen molar-refractivity contribution in [3.05, 3.63) is 77.6 Å². The van der Waals surface area contributed by atoms with Crippen LogP contribution >= 0.6 is 23.5 Å². The highest BCUT2D eigenvalue weighted by Gasteiger charge is 2.46. The van der Waals surface area contributed by atoms with Crippen molar-refractivity contribution in [1.29, 1.82) is 0 Å². The molecule has 2 aromatic carbocycles. The number of esters is 9. The molecular formula is C61H72N2O19S2. The van der Waals surface area contributed by atoms with Crippen LogP contribution in [0, 0.1) is 35.5 Å². The van der Waals surface area contributed by atoms with Crippen molar-refractivity contribution < 1.29 is 90.6 Å². The van der Waals surface area contributed by atoms with E-state index in [1.165, 1.54) is 5.01 Å². The van der Waals surface area contributed by atoms with E-state index in [9.17, 15) is 47.9 Å². The van der Waals surface area contributed by atoms with E-state index in [0.29, 0.717) is 135 Å². The summed E-state index contributed by atoms with van der Waals surface area (Å²) in [6.07, 6.45) is 9.13. The number of nitrogens with one attached hydrogen (secondary N) is 1. The van der Waals surface area contributed by atoms with Gasteiger partial charge in [0.05, 0.1) is 93.8 Å². The Bertz CT molecular complexity index is 2670. The number of benzene rings is 2. The molecule has 0 aromatic heterocycles. The molecule has 2 aliphatic heterocycles. The number of carbonyl (C=O) groups is 10. The molecule has 6 aliphatic rings. The lowest BCUT2D eigenvalue weighted by Gasteiger charge is -2.30. The fourth-order valence-corrected chi connectivity index (χ4v) is 13.8. The Morgan fingerprint density at radius 1 is 0.500 bits per heavy atom. The number of hydrazine groups is 1. The molecule has 1 N–H and O–H groups in total. The summed E-state index contributed by atoms with van der Waals surface area (Å²) in [7, 11) is 0. The highest BCUT2D eigenvalue weighted by molar-refractivity contribution is 8.24. The molecule has 1 saturated heterocycles. The molecule has 0 spiro atoms. The van der Waals surface area contributed by atoms with Crippen molar-refractivity contribution in [2.45, 2.75) is 151 Å². The molecule has 2 aromatic rings. The number of fused-ring (bicyclic) bond motifs is 1. The lowest BCUT2D eigenvalue weighted by Crippen LogP contribution is -2.41. The second-order valence-corrected chi connectivity index (χ2v) is 23.8. The molecule has 5 fully saturated rings. The summed E-state index contributed by atoms with van der Waals surface area (Å²) in [6.45, 7) is 8.85. The van der Waals surface area contributed by atoms with Crippen LogP contribution in [0.4, 0.5) is 5.69 Å². The quantitative estimate of drug-likeness (QED) is 0.0359. The van der Waals surface area contributed by atoms with E-state index in [-0.39, 0.29) is 97.7 Å². The van der Waals surface area contributed by atoms with Crippen molar-refractivity contribution in [3.63, 3.8) is 0 Å². The summed E-state index contributed by atoms with van der Waals surface area (Å²) >= 11 is 2.22. The molecule has 1 unspecified atom stereocenters. The summed E-state index contributed by atoms with van der Waals surface area (Å²) in [5, 5.41) is 1.28. The zero-order valence-corrected chi connectivity index (χ0v) is 48.7. The van der Waals surface area contributed by atoms with Crippen molar-refractivity contribution >= 4 is 88.8 Å². The van der Waals surface area contributed by atoms with E-state index in [4.69, 9.17) is 42.6 Å². The van der Waals surface area contributed by atoms with Gasteiger partial charge >= 0.3 is 53.7 Å². The van der Waals surface area contributed by atoms with Crippen LogP contribution in [0.15, 0.2) is 87.4 Å². The summed E-state index contributed by atoms with van der Waals surface area (Å²) in [4.78, 5) is 131. The molecule has 452 valence electrons. The lowest BCUT2D eigenvalue weighted by atomic mass is 9.82. The van der Waals surface area contributed by atoms with Gasteiger partial charge in [-0.3, -0.25) is 33.6 Å². The highest BCUT2D eigenvalue weighted by Crippen LogP contribution is 2.60. The van der Waals surface area contributed by atoms with E-state index in [0.717, 1.165) is 35.7 Å².